The highest BCUT2D eigenvalue weighted by molar-refractivity contribution is 5.79. The van der Waals surface area contributed by atoms with E-state index >= 15 is 0 Å². The van der Waals surface area contributed by atoms with Crippen molar-refractivity contribution in [1.82, 2.24) is 15.1 Å². The summed E-state index contributed by atoms with van der Waals surface area (Å²) >= 11 is 0. The molecule has 0 bridgehead atoms. The van der Waals surface area contributed by atoms with Gasteiger partial charge in [-0.15, -0.1) is 0 Å². The van der Waals surface area contributed by atoms with Crippen molar-refractivity contribution in [3.05, 3.63) is 35.9 Å². The number of rotatable bonds is 5. The van der Waals surface area contributed by atoms with Crippen LogP contribution in [0, 0.1) is 11.8 Å². The van der Waals surface area contributed by atoms with E-state index in [4.69, 9.17) is 0 Å². The number of carbonyl (C=O) groups is 3. The lowest BCUT2D eigenvalue weighted by Crippen LogP contribution is -2.51. The zero-order valence-electron chi connectivity index (χ0n) is 15.6. The number of aliphatic carboxylic acids is 1. The van der Waals surface area contributed by atoms with Crippen molar-refractivity contribution >= 4 is 17.9 Å². The molecule has 2 fully saturated rings. The number of hydrogen-bond donors (Lipinski definition) is 2. The van der Waals surface area contributed by atoms with Crippen LogP contribution in [0.15, 0.2) is 30.3 Å². The summed E-state index contributed by atoms with van der Waals surface area (Å²) in [7, 11) is 0. The molecule has 2 saturated heterocycles. The van der Waals surface area contributed by atoms with Crippen molar-refractivity contribution in [1.29, 1.82) is 0 Å². The molecule has 0 aromatic heterocycles. The van der Waals surface area contributed by atoms with Gasteiger partial charge in [0.2, 0.25) is 5.91 Å². The molecule has 2 heterocycles. The monoisotopic (exact) mass is 373 g/mol. The third kappa shape index (κ3) is 4.78. The van der Waals surface area contributed by atoms with Crippen LogP contribution in [0.25, 0.3) is 0 Å². The van der Waals surface area contributed by atoms with Crippen molar-refractivity contribution in [2.24, 2.45) is 11.8 Å². The maximum absolute atomic E-state index is 12.9. The Hall–Kier alpha value is -2.57. The molecule has 3 amide bonds. The predicted molar refractivity (Wildman–Crippen MR) is 100 cm³/mol. The minimum atomic E-state index is -0.860. The minimum Gasteiger partial charge on any atom is -0.481 e. The van der Waals surface area contributed by atoms with Crippen LogP contribution in [0.3, 0.4) is 0 Å². The van der Waals surface area contributed by atoms with E-state index in [2.05, 4.69) is 5.32 Å². The fourth-order valence-corrected chi connectivity index (χ4v) is 3.97. The molecule has 2 N–H and O–H groups in total. The van der Waals surface area contributed by atoms with Gasteiger partial charge in [-0.1, -0.05) is 37.3 Å². The maximum Gasteiger partial charge on any atom is 0.317 e. The van der Waals surface area contributed by atoms with Crippen LogP contribution in [0.1, 0.15) is 37.8 Å². The van der Waals surface area contributed by atoms with Gasteiger partial charge in [-0.2, -0.15) is 0 Å². The first-order valence-corrected chi connectivity index (χ1v) is 9.55. The molecule has 7 nitrogen and oxygen atoms in total. The average molecular weight is 373 g/mol. The Morgan fingerprint density at radius 1 is 1.26 bits per heavy atom. The van der Waals surface area contributed by atoms with Gasteiger partial charge in [0.05, 0.1) is 12.0 Å². The molecule has 1 aromatic rings. The molecule has 0 saturated carbocycles. The molecule has 3 atom stereocenters. The van der Waals surface area contributed by atoms with Crippen LogP contribution >= 0.6 is 0 Å². The Bertz CT molecular complexity index is 694. The van der Waals surface area contributed by atoms with Gasteiger partial charge >= 0.3 is 12.0 Å². The Morgan fingerprint density at radius 2 is 2.00 bits per heavy atom. The van der Waals surface area contributed by atoms with E-state index in [-0.39, 0.29) is 30.4 Å². The molecule has 0 spiro atoms. The van der Waals surface area contributed by atoms with Gasteiger partial charge in [-0.3, -0.25) is 9.59 Å². The highest BCUT2D eigenvalue weighted by Gasteiger charge is 2.33. The van der Waals surface area contributed by atoms with Crippen LogP contribution < -0.4 is 5.32 Å². The highest BCUT2D eigenvalue weighted by Crippen LogP contribution is 2.23. The van der Waals surface area contributed by atoms with Gasteiger partial charge in [0.15, 0.2) is 0 Å². The third-order valence-corrected chi connectivity index (χ3v) is 5.37. The summed E-state index contributed by atoms with van der Waals surface area (Å²) in [4.78, 5) is 39.7. The highest BCUT2D eigenvalue weighted by atomic mass is 16.4. The zero-order chi connectivity index (χ0) is 19.4. The average Bonchev–Trinajstić information content (AvgIpc) is 3.06. The molecule has 0 aliphatic carbocycles. The lowest BCUT2D eigenvalue weighted by atomic mass is 9.91. The van der Waals surface area contributed by atoms with E-state index in [1.54, 1.807) is 9.80 Å². The van der Waals surface area contributed by atoms with E-state index in [0.717, 1.165) is 12.0 Å². The van der Waals surface area contributed by atoms with Gasteiger partial charge in [-0.05, 0) is 24.3 Å². The smallest absolute Gasteiger partial charge is 0.317 e. The summed E-state index contributed by atoms with van der Waals surface area (Å²) in [5, 5.41) is 12.4. The Kier molecular flexibility index (Phi) is 5.98. The third-order valence-electron chi connectivity index (χ3n) is 5.37. The molecule has 0 radical (unpaired) electrons. The van der Waals surface area contributed by atoms with Crippen molar-refractivity contribution in [2.75, 3.05) is 26.2 Å². The first kappa shape index (κ1) is 19.2. The van der Waals surface area contributed by atoms with E-state index in [9.17, 15) is 19.5 Å². The second kappa shape index (κ2) is 8.41. The van der Waals surface area contributed by atoms with Crippen molar-refractivity contribution < 1.29 is 19.5 Å². The number of piperidine rings is 1. The van der Waals surface area contributed by atoms with Gasteiger partial charge in [-0.25, -0.2) is 4.79 Å². The van der Waals surface area contributed by atoms with Gasteiger partial charge in [0.25, 0.3) is 0 Å². The van der Waals surface area contributed by atoms with Gasteiger partial charge < -0.3 is 20.2 Å². The summed E-state index contributed by atoms with van der Waals surface area (Å²) in [5.41, 5.74) is 0.936. The van der Waals surface area contributed by atoms with Crippen LogP contribution in [-0.2, 0) is 9.59 Å². The second-order valence-corrected chi connectivity index (χ2v) is 7.64. The van der Waals surface area contributed by atoms with Crippen molar-refractivity contribution in [3.8, 4) is 0 Å². The number of amides is 3. The number of hydrogen-bond acceptors (Lipinski definition) is 3. The summed E-state index contributed by atoms with van der Waals surface area (Å²) in [6.07, 6.45) is 1.99. The normalized spacial score (nSPS) is 24.0. The van der Waals surface area contributed by atoms with E-state index in [1.807, 2.05) is 37.3 Å². The Labute approximate surface area is 159 Å². The summed E-state index contributed by atoms with van der Waals surface area (Å²) in [6, 6.07) is 9.00. The van der Waals surface area contributed by atoms with Gasteiger partial charge in [0.1, 0.15) is 0 Å². The van der Waals surface area contributed by atoms with Crippen LogP contribution in [-0.4, -0.2) is 59.0 Å². The number of benzene rings is 1. The molecule has 3 rings (SSSR count). The van der Waals surface area contributed by atoms with Crippen LogP contribution in [0.4, 0.5) is 4.79 Å². The fraction of sp³-hybridized carbons (Fsp3) is 0.550. The summed E-state index contributed by atoms with van der Waals surface area (Å²) in [6.45, 7) is 3.86. The number of urea groups is 1. The second-order valence-electron chi connectivity index (χ2n) is 7.64. The van der Waals surface area contributed by atoms with Crippen molar-refractivity contribution in [3.63, 3.8) is 0 Å². The van der Waals surface area contributed by atoms with Crippen LogP contribution in [0.2, 0.25) is 0 Å². The molecule has 146 valence electrons. The minimum absolute atomic E-state index is 0.114. The Morgan fingerprint density at radius 3 is 2.63 bits per heavy atom. The molecular formula is C20H27N3O4. The standard InChI is InChI=1S/C20H27N3O4/c1-14-10-16(19(25)26)12-23(11-14)20(27)21-17(15-6-3-2-4-7-15)13-22-9-5-8-18(22)24/h2-4,6-7,14,16-17H,5,8-13H2,1H3,(H,21,27)(H,25,26). The number of carboxylic acids is 1. The predicted octanol–water partition coefficient (Wildman–Crippen LogP) is 2.10. The fourth-order valence-electron chi connectivity index (χ4n) is 3.97. The SMILES string of the molecule is CC1CC(C(=O)O)CN(C(=O)NC(CN2CCCC2=O)c2ccccc2)C1. The van der Waals surface area contributed by atoms with E-state index in [0.29, 0.717) is 32.5 Å². The molecule has 1 aromatic carbocycles. The lowest BCUT2D eigenvalue weighted by molar-refractivity contribution is -0.143. The molecule has 3 unspecified atom stereocenters. The maximum atomic E-state index is 12.9. The number of carboxylic acid groups (broad SMARTS) is 1. The molecular weight excluding hydrogens is 346 g/mol. The number of nitrogens with one attached hydrogen (secondary N) is 1. The largest absolute Gasteiger partial charge is 0.481 e. The van der Waals surface area contributed by atoms with E-state index < -0.39 is 11.9 Å². The van der Waals surface area contributed by atoms with Gasteiger partial charge in [0, 0.05) is 32.6 Å². The quantitative estimate of drug-likeness (QED) is 0.827. The molecule has 7 heteroatoms. The van der Waals surface area contributed by atoms with Crippen molar-refractivity contribution in [2.45, 2.75) is 32.2 Å². The Balaban J connectivity index is 1.72. The first-order chi connectivity index (χ1) is 12.9. The summed E-state index contributed by atoms with van der Waals surface area (Å²) < 4.78 is 0. The zero-order valence-corrected chi connectivity index (χ0v) is 15.6. The number of likely N-dealkylation sites (tertiary alicyclic amines) is 2. The lowest BCUT2D eigenvalue weighted by Gasteiger charge is -2.36. The molecule has 2 aliphatic rings. The number of carbonyl (C=O) groups excluding carboxylic acids is 2. The summed E-state index contributed by atoms with van der Waals surface area (Å²) in [5.74, 6) is -1.14. The molecule has 2 aliphatic heterocycles. The van der Waals surface area contributed by atoms with Crippen LogP contribution in [0.5, 0.6) is 0 Å². The number of nitrogens with zero attached hydrogens (tertiary/aromatic N) is 2. The van der Waals surface area contributed by atoms with E-state index in [1.165, 1.54) is 0 Å². The topological polar surface area (TPSA) is 89.9 Å². The first-order valence-electron chi connectivity index (χ1n) is 9.55. The molecule has 27 heavy (non-hydrogen) atoms.